The Morgan fingerprint density at radius 2 is 2.09 bits per heavy atom. The van der Waals surface area contributed by atoms with Gasteiger partial charge in [-0.2, -0.15) is 0 Å². The molecule has 11 heavy (non-hydrogen) atoms. The molecular formula is C10H20O. The molecule has 1 nitrogen and oxygen atoms in total. The van der Waals surface area contributed by atoms with Gasteiger partial charge in [-0.25, -0.2) is 0 Å². The van der Waals surface area contributed by atoms with Crippen LogP contribution in [0.15, 0.2) is 0 Å². The molecule has 0 saturated heterocycles. The zero-order chi connectivity index (χ0) is 8.27. The molecule has 0 radical (unpaired) electrons. The lowest BCUT2D eigenvalue weighted by Gasteiger charge is -2.17. The first-order valence-electron chi connectivity index (χ1n) is 4.92. The minimum Gasteiger partial charge on any atom is -0.393 e. The van der Waals surface area contributed by atoms with Gasteiger partial charge < -0.3 is 5.11 Å². The van der Waals surface area contributed by atoms with Crippen LogP contribution in [0.25, 0.3) is 0 Å². The fourth-order valence-electron chi connectivity index (χ4n) is 1.62. The molecule has 0 aromatic heterocycles. The van der Waals surface area contributed by atoms with E-state index in [1.165, 1.54) is 19.3 Å². The Labute approximate surface area is 69.8 Å². The molecule has 66 valence electrons. The summed E-state index contributed by atoms with van der Waals surface area (Å²) in [7, 11) is 0. The minimum atomic E-state index is -0.0411. The highest BCUT2D eigenvalue weighted by molar-refractivity contribution is 4.77. The quantitative estimate of drug-likeness (QED) is 0.648. The van der Waals surface area contributed by atoms with Crippen molar-refractivity contribution in [2.24, 2.45) is 11.8 Å². The van der Waals surface area contributed by atoms with Gasteiger partial charge in [0.05, 0.1) is 6.10 Å². The van der Waals surface area contributed by atoms with E-state index in [4.69, 9.17) is 0 Å². The highest BCUT2D eigenvalue weighted by Gasteiger charge is 2.26. The smallest absolute Gasteiger partial charge is 0.0565 e. The van der Waals surface area contributed by atoms with E-state index >= 15 is 0 Å². The first-order chi connectivity index (χ1) is 5.24. The second-order valence-electron chi connectivity index (χ2n) is 4.01. The summed E-state index contributed by atoms with van der Waals surface area (Å²) < 4.78 is 0. The molecule has 1 heteroatoms. The third kappa shape index (κ3) is 3.24. The van der Waals surface area contributed by atoms with Crippen LogP contribution in [0.4, 0.5) is 0 Å². The molecule has 0 spiro atoms. The summed E-state index contributed by atoms with van der Waals surface area (Å²) in [6.07, 6.45) is 6.11. The molecule has 0 amide bonds. The molecule has 1 N–H and O–H groups in total. The third-order valence-electron chi connectivity index (χ3n) is 2.64. The normalized spacial score (nSPS) is 23.2. The van der Waals surface area contributed by atoms with Crippen molar-refractivity contribution < 1.29 is 5.11 Å². The second kappa shape index (κ2) is 4.10. The Morgan fingerprint density at radius 1 is 1.45 bits per heavy atom. The van der Waals surface area contributed by atoms with Gasteiger partial charge in [-0.3, -0.25) is 0 Å². The first kappa shape index (κ1) is 9.05. The fraction of sp³-hybridized carbons (Fsp3) is 1.00. The van der Waals surface area contributed by atoms with E-state index in [0.29, 0.717) is 5.92 Å². The Bertz CT molecular complexity index is 107. The maximum atomic E-state index is 9.59. The first-order valence-corrected chi connectivity index (χ1v) is 4.92. The number of hydrogen-bond donors (Lipinski definition) is 1. The van der Waals surface area contributed by atoms with Gasteiger partial charge in [-0.15, -0.1) is 0 Å². The molecule has 1 aliphatic carbocycles. The molecule has 0 bridgehead atoms. The van der Waals surface area contributed by atoms with E-state index in [1.807, 2.05) is 0 Å². The number of hydrogen-bond acceptors (Lipinski definition) is 1. The molecule has 0 aliphatic heterocycles. The summed E-state index contributed by atoms with van der Waals surface area (Å²) in [5, 5.41) is 9.59. The van der Waals surface area contributed by atoms with Crippen molar-refractivity contribution in [3.63, 3.8) is 0 Å². The maximum Gasteiger partial charge on any atom is 0.0565 e. The molecule has 1 saturated carbocycles. The molecular weight excluding hydrogens is 136 g/mol. The van der Waals surface area contributed by atoms with E-state index in [-0.39, 0.29) is 6.10 Å². The van der Waals surface area contributed by atoms with Crippen molar-refractivity contribution in [1.29, 1.82) is 0 Å². The van der Waals surface area contributed by atoms with Gasteiger partial charge in [0.25, 0.3) is 0 Å². The molecule has 0 aromatic rings. The number of rotatable bonds is 5. The zero-order valence-electron chi connectivity index (χ0n) is 7.71. The van der Waals surface area contributed by atoms with Crippen LogP contribution in [0.2, 0.25) is 0 Å². The maximum absolute atomic E-state index is 9.59. The van der Waals surface area contributed by atoms with Gasteiger partial charge in [0.15, 0.2) is 0 Å². The molecule has 0 heterocycles. The highest BCUT2D eigenvalue weighted by atomic mass is 16.3. The van der Waals surface area contributed by atoms with Gasteiger partial charge >= 0.3 is 0 Å². The van der Waals surface area contributed by atoms with Crippen molar-refractivity contribution in [2.45, 2.75) is 52.1 Å². The number of aliphatic hydroxyl groups excluding tert-OH is 1. The lowest BCUT2D eigenvalue weighted by molar-refractivity contribution is 0.0992. The van der Waals surface area contributed by atoms with Crippen LogP contribution < -0.4 is 0 Å². The van der Waals surface area contributed by atoms with E-state index in [2.05, 4.69) is 13.8 Å². The topological polar surface area (TPSA) is 20.2 Å². The van der Waals surface area contributed by atoms with Crippen molar-refractivity contribution in [2.75, 3.05) is 0 Å². The van der Waals surface area contributed by atoms with Crippen LogP contribution in [0.1, 0.15) is 46.0 Å². The van der Waals surface area contributed by atoms with Crippen LogP contribution >= 0.6 is 0 Å². The third-order valence-corrected chi connectivity index (χ3v) is 2.64. The Balaban J connectivity index is 2.10. The van der Waals surface area contributed by atoms with Crippen molar-refractivity contribution in [1.82, 2.24) is 0 Å². The lowest BCUT2D eigenvalue weighted by atomic mass is 9.95. The summed E-state index contributed by atoms with van der Waals surface area (Å²) in [5.74, 6) is 1.49. The Morgan fingerprint density at radius 3 is 2.55 bits per heavy atom. The van der Waals surface area contributed by atoms with Crippen LogP contribution in [0, 0.1) is 11.8 Å². The van der Waals surface area contributed by atoms with Gasteiger partial charge in [-0.1, -0.05) is 33.1 Å². The lowest BCUT2D eigenvalue weighted by Crippen LogP contribution is -2.17. The molecule has 2 atom stereocenters. The average molecular weight is 156 g/mol. The monoisotopic (exact) mass is 156 g/mol. The van der Waals surface area contributed by atoms with E-state index < -0.39 is 0 Å². The summed E-state index contributed by atoms with van der Waals surface area (Å²) in [6.45, 7) is 4.31. The van der Waals surface area contributed by atoms with E-state index in [1.54, 1.807) is 0 Å². The second-order valence-corrected chi connectivity index (χ2v) is 4.01. The Hall–Kier alpha value is -0.0400. The molecule has 0 aromatic carbocycles. The predicted molar refractivity (Wildman–Crippen MR) is 47.4 cm³/mol. The van der Waals surface area contributed by atoms with Crippen LogP contribution in [0.3, 0.4) is 0 Å². The zero-order valence-corrected chi connectivity index (χ0v) is 7.71. The van der Waals surface area contributed by atoms with Crippen LogP contribution in [-0.4, -0.2) is 11.2 Å². The molecule has 1 rings (SSSR count). The summed E-state index contributed by atoms with van der Waals surface area (Å²) in [6, 6.07) is 0. The van der Waals surface area contributed by atoms with E-state index in [9.17, 15) is 5.11 Å². The van der Waals surface area contributed by atoms with Crippen molar-refractivity contribution >= 4 is 0 Å². The standard InChI is InChI=1S/C10H20O/c1-3-4-10(11)8(2)7-9-5-6-9/h8-11H,3-7H2,1-2H3. The minimum absolute atomic E-state index is 0.0411. The van der Waals surface area contributed by atoms with Crippen molar-refractivity contribution in [3.8, 4) is 0 Å². The highest BCUT2D eigenvalue weighted by Crippen LogP contribution is 2.36. The molecule has 1 aliphatic rings. The van der Waals surface area contributed by atoms with Crippen molar-refractivity contribution in [3.05, 3.63) is 0 Å². The predicted octanol–water partition coefficient (Wildman–Crippen LogP) is 2.58. The summed E-state index contributed by atoms with van der Waals surface area (Å²) >= 11 is 0. The van der Waals surface area contributed by atoms with Gasteiger partial charge in [-0.05, 0) is 24.7 Å². The Kier molecular flexibility index (Phi) is 3.38. The van der Waals surface area contributed by atoms with Gasteiger partial charge in [0, 0.05) is 0 Å². The van der Waals surface area contributed by atoms with Crippen LogP contribution in [0.5, 0.6) is 0 Å². The van der Waals surface area contributed by atoms with E-state index in [0.717, 1.165) is 18.8 Å². The van der Waals surface area contributed by atoms with Gasteiger partial charge in [0.1, 0.15) is 0 Å². The SMILES string of the molecule is CCCC(O)C(C)CC1CC1. The van der Waals surface area contributed by atoms with Gasteiger partial charge in [0.2, 0.25) is 0 Å². The average Bonchev–Trinajstić information content (AvgIpc) is 2.72. The van der Waals surface area contributed by atoms with Crippen LogP contribution in [-0.2, 0) is 0 Å². The summed E-state index contributed by atoms with van der Waals surface area (Å²) in [4.78, 5) is 0. The molecule has 2 unspecified atom stereocenters. The molecule has 1 fully saturated rings. The fourth-order valence-corrected chi connectivity index (χ4v) is 1.62. The summed E-state index contributed by atoms with van der Waals surface area (Å²) in [5.41, 5.74) is 0. The largest absolute Gasteiger partial charge is 0.393 e. The number of aliphatic hydroxyl groups is 1.